The molecule has 2 amide bonds. The second kappa shape index (κ2) is 11.4. The molecule has 0 saturated carbocycles. The molecule has 3 N–H and O–H groups in total. The molecule has 0 spiro atoms. The van der Waals surface area contributed by atoms with Gasteiger partial charge in [0, 0.05) is 38.1 Å². The number of piperidine rings is 1. The summed E-state index contributed by atoms with van der Waals surface area (Å²) >= 11 is 0. The molecular formula is C25H38FN3O6. The number of carbonyl (C=O) groups is 2. The number of aliphatic hydroxyl groups is 1. The van der Waals surface area contributed by atoms with Crippen molar-refractivity contribution in [1.82, 2.24) is 15.5 Å². The molecule has 0 aromatic heterocycles. The summed E-state index contributed by atoms with van der Waals surface area (Å²) in [6.45, 7) is 5.48. The average molecular weight is 496 g/mol. The van der Waals surface area contributed by atoms with Gasteiger partial charge in [0.25, 0.3) is 0 Å². The largest absolute Gasteiger partial charge is 0.493 e. The molecule has 10 heteroatoms. The molecule has 2 heterocycles. The minimum atomic E-state index is -0.773. The van der Waals surface area contributed by atoms with E-state index in [1.165, 1.54) is 0 Å². The van der Waals surface area contributed by atoms with Gasteiger partial charge in [-0.05, 0) is 56.9 Å². The first-order chi connectivity index (χ1) is 16.6. The number of halogens is 1. The smallest absolute Gasteiger partial charge is 0.407 e. The monoisotopic (exact) mass is 495 g/mol. The fourth-order valence-electron chi connectivity index (χ4n) is 4.82. The van der Waals surface area contributed by atoms with Crippen LogP contribution in [0.5, 0.6) is 11.5 Å². The lowest BCUT2D eigenvalue weighted by atomic mass is 9.82. The highest BCUT2D eigenvalue weighted by molar-refractivity contribution is 5.77. The highest BCUT2D eigenvalue weighted by atomic mass is 19.1. The maximum Gasteiger partial charge on any atom is 0.407 e. The Hall–Kier alpha value is -2.59. The van der Waals surface area contributed by atoms with Crippen molar-refractivity contribution in [3.05, 3.63) is 23.3 Å². The van der Waals surface area contributed by atoms with Crippen molar-refractivity contribution >= 4 is 12.0 Å². The van der Waals surface area contributed by atoms with E-state index in [4.69, 9.17) is 14.2 Å². The maximum atomic E-state index is 13.0. The van der Waals surface area contributed by atoms with Crippen LogP contribution in [0.4, 0.5) is 9.18 Å². The molecular weight excluding hydrogens is 457 g/mol. The molecule has 3 rings (SSSR count). The first-order valence-corrected chi connectivity index (χ1v) is 12.0. The van der Waals surface area contributed by atoms with Crippen molar-refractivity contribution < 1.29 is 33.3 Å². The topological polar surface area (TPSA) is 109 Å². The van der Waals surface area contributed by atoms with Gasteiger partial charge in [0.1, 0.15) is 5.60 Å². The first-order valence-electron chi connectivity index (χ1n) is 12.0. The van der Waals surface area contributed by atoms with Gasteiger partial charge in [-0.15, -0.1) is 0 Å². The van der Waals surface area contributed by atoms with Crippen LogP contribution in [-0.2, 0) is 16.0 Å². The highest BCUT2D eigenvalue weighted by Crippen LogP contribution is 2.42. The van der Waals surface area contributed by atoms with Gasteiger partial charge in [-0.2, -0.15) is 0 Å². The van der Waals surface area contributed by atoms with E-state index in [1.807, 2.05) is 12.1 Å². The number of methoxy groups -OCH3 is 2. The maximum absolute atomic E-state index is 13.0. The Morgan fingerprint density at radius 1 is 1.17 bits per heavy atom. The molecule has 1 saturated heterocycles. The third kappa shape index (κ3) is 6.76. The lowest BCUT2D eigenvalue weighted by molar-refractivity contribution is -0.124. The van der Waals surface area contributed by atoms with Crippen molar-refractivity contribution in [2.75, 3.05) is 40.6 Å². The van der Waals surface area contributed by atoms with Crippen LogP contribution < -0.4 is 20.1 Å². The predicted octanol–water partition coefficient (Wildman–Crippen LogP) is 2.35. The Morgan fingerprint density at radius 2 is 1.86 bits per heavy atom. The molecule has 35 heavy (non-hydrogen) atoms. The Labute approximate surface area is 206 Å². The van der Waals surface area contributed by atoms with E-state index in [0.717, 1.165) is 24.1 Å². The average Bonchev–Trinajstić information content (AvgIpc) is 2.80. The number of benzene rings is 1. The lowest BCUT2D eigenvalue weighted by Crippen LogP contribution is -2.62. The summed E-state index contributed by atoms with van der Waals surface area (Å²) in [6, 6.07) is 3.19. The van der Waals surface area contributed by atoms with Gasteiger partial charge >= 0.3 is 6.09 Å². The summed E-state index contributed by atoms with van der Waals surface area (Å²) in [5, 5.41) is 15.2. The number of alkyl halides is 1. The SMILES string of the molecule is COc1cc2c(cc1OC)[C@@H]1C[C@H](NC(=O)OC(C)(C)C)[C@@H](NC(=O)C[C@@H](CO)CF)CN1CC2. The van der Waals surface area contributed by atoms with E-state index in [1.54, 1.807) is 35.0 Å². The Bertz CT molecular complexity index is 902. The quantitative estimate of drug-likeness (QED) is 0.508. The molecule has 0 bridgehead atoms. The van der Waals surface area contributed by atoms with E-state index in [0.29, 0.717) is 24.5 Å². The van der Waals surface area contributed by atoms with Crippen LogP contribution in [0.2, 0.25) is 0 Å². The number of alkyl carbamates (subject to hydrolysis) is 1. The van der Waals surface area contributed by atoms with Gasteiger partial charge < -0.3 is 30.0 Å². The standard InChI is InChI=1S/C25H38FN3O6/c1-25(2,3)35-24(32)28-18-11-20-17-10-22(34-5)21(33-4)9-16(17)6-7-29(20)13-19(18)27-23(31)8-15(12-26)14-30/h9-10,15,18-20,30H,6-8,11-14H2,1-5H3,(H,27,31)(H,28,32)/t15-,18+,19+,20+/m1/s1. The molecule has 0 unspecified atom stereocenters. The number of ether oxygens (including phenoxy) is 3. The summed E-state index contributed by atoms with van der Waals surface area (Å²) in [5.74, 6) is 0.217. The van der Waals surface area contributed by atoms with Gasteiger partial charge in [0.05, 0.1) is 33.0 Å². The van der Waals surface area contributed by atoms with Crippen LogP contribution in [0.15, 0.2) is 12.1 Å². The van der Waals surface area contributed by atoms with Crippen LogP contribution >= 0.6 is 0 Å². The van der Waals surface area contributed by atoms with Crippen LogP contribution in [0.3, 0.4) is 0 Å². The summed E-state index contributed by atoms with van der Waals surface area (Å²) in [7, 11) is 3.21. The molecule has 196 valence electrons. The van der Waals surface area contributed by atoms with Gasteiger partial charge in [-0.1, -0.05) is 0 Å². The van der Waals surface area contributed by atoms with E-state index < -0.39 is 43.0 Å². The molecule has 2 aliphatic rings. The molecule has 0 radical (unpaired) electrons. The molecule has 1 aromatic carbocycles. The number of carbonyl (C=O) groups excluding carboxylic acids is 2. The van der Waals surface area contributed by atoms with Gasteiger partial charge in [0.15, 0.2) is 11.5 Å². The van der Waals surface area contributed by atoms with Crippen molar-refractivity contribution in [2.24, 2.45) is 5.92 Å². The summed E-state index contributed by atoms with van der Waals surface area (Å²) in [6.07, 6.45) is 0.673. The van der Waals surface area contributed by atoms with Gasteiger partial charge in [-0.3, -0.25) is 14.1 Å². The van der Waals surface area contributed by atoms with Crippen molar-refractivity contribution in [3.63, 3.8) is 0 Å². The van der Waals surface area contributed by atoms with Crippen LogP contribution in [0.1, 0.15) is 50.8 Å². The second-order valence-electron chi connectivity index (χ2n) is 10.2. The first kappa shape index (κ1) is 27.0. The van der Waals surface area contributed by atoms with Crippen molar-refractivity contribution in [2.45, 2.75) is 63.8 Å². The number of rotatable bonds is 8. The summed E-state index contributed by atoms with van der Waals surface area (Å²) in [4.78, 5) is 27.6. The molecule has 2 aliphatic heterocycles. The fourth-order valence-corrected chi connectivity index (χ4v) is 4.82. The van der Waals surface area contributed by atoms with E-state index >= 15 is 0 Å². The molecule has 9 nitrogen and oxygen atoms in total. The van der Waals surface area contributed by atoms with Crippen LogP contribution in [0, 0.1) is 5.92 Å². The van der Waals surface area contributed by atoms with Crippen molar-refractivity contribution in [3.8, 4) is 11.5 Å². The zero-order chi connectivity index (χ0) is 25.8. The van der Waals surface area contributed by atoms with Crippen molar-refractivity contribution in [1.29, 1.82) is 0 Å². The number of fused-ring (bicyclic) bond motifs is 3. The number of hydrogen-bond donors (Lipinski definition) is 3. The number of amides is 2. The molecule has 1 aromatic rings. The van der Waals surface area contributed by atoms with Crippen LogP contribution in [-0.4, -0.2) is 80.3 Å². The molecule has 4 atom stereocenters. The predicted molar refractivity (Wildman–Crippen MR) is 128 cm³/mol. The van der Waals surface area contributed by atoms with E-state index in [9.17, 15) is 19.1 Å². The fraction of sp³-hybridized carbons (Fsp3) is 0.680. The molecule has 0 aliphatic carbocycles. The Balaban J connectivity index is 1.84. The Morgan fingerprint density at radius 3 is 2.46 bits per heavy atom. The third-order valence-electron chi connectivity index (χ3n) is 6.51. The van der Waals surface area contributed by atoms with Gasteiger partial charge in [-0.25, -0.2) is 4.79 Å². The third-order valence-corrected chi connectivity index (χ3v) is 6.51. The number of hydrogen-bond acceptors (Lipinski definition) is 7. The van der Waals surface area contributed by atoms with Gasteiger partial charge in [0.2, 0.25) is 5.91 Å². The van der Waals surface area contributed by atoms with E-state index in [2.05, 4.69) is 15.5 Å². The number of aliphatic hydroxyl groups excluding tert-OH is 1. The normalized spacial score (nSPS) is 22.9. The Kier molecular flexibility index (Phi) is 8.82. The van der Waals surface area contributed by atoms with E-state index in [-0.39, 0.29) is 18.4 Å². The highest BCUT2D eigenvalue weighted by Gasteiger charge is 2.41. The lowest BCUT2D eigenvalue weighted by Gasteiger charge is -2.47. The zero-order valence-electron chi connectivity index (χ0n) is 21.2. The minimum Gasteiger partial charge on any atom is -0.493 e. The minimum absolute atomic E-state index is 0.00248. The summed E-state index contributed by atoms with van der Waals surface area (Å²) < 4.78 is 29.5. The number of nitrogens with one attached hydrogen (secondary N) is 2. The number of nitrogens with zero attached hydrogens (tertiary/aromatic N) is 1. The zero-order valence-corrected chi connectivity index (χ0v) is 21.2. The molecule has 1 fully saturated rings. The second-order valence-corrected chi connectivity index (χ2v) is 10.2. The summed E-state index contributed by atoms with van der Waals surface area (Å²) in [5.41, 5.74) is 1.60. The van der Waals surface area contributed by atoms with Crippen LogP contribution in [0.25, 0.3) is 0 Å².